The lowest BCUT2D eigenvalue weighted by Crippen LogP contribution is -2.62. The number of Topliss-reactive ketones (excluding diaryl/α,β-unsaturated/α-hetero) is 1. The van der Waals surface area contributed by atoms with Gasteiger partial charge in [0.15, 0.2) is 9.84 Å². The van der Waals surface area contributed by atoms with Gasteiger partial charge in [-0.25, -0.2) is 31.8 Å². The topological polar surface area (TPSA) is 201 Å². The first-order valence-corrected chi connectivity index (χ1v) is 38.9. The van der Waals surface area contributed by atoms with Gasteiger partial charge in [-0.1, -0.05) is 130 Å². The number of nitrogens with zero attached hydrogens (tertiary/aromatic N) is 1. The van der Waals surface area contributed by atoms with Crippen LogP contribution >= 0.6 is 22.7 Å². The third-order valence-electron chi connectivity index (χ3n) is 26.0. The van der Waals surface area contributed by atoms with Crippen molar-refractivity contribution < 1.29 is 41.7 Å². The van der Waals surface area contributed by atoms with E-state index in [-0.39, 0.29) is 55.9 Å². The standard InChI is InChI=1S/C36H58O5S2.C27H45NO2.C8H13NO2S2/c1-8-25-29-20-23(37)16-18-36(29,7)28-17-19-35(6)26(12-13-27(35)32(28)33(25)39)22(2)10-9-11-24(38)21-43(40,41)31-15-14-30(42-31)34(3,4)5;1-6-19-23-15-17(2)9-12-27(23,5)22-10-13-26(4)20(18(3)11-14-28-16-29)7-8-21(26)24(22)25(19)30;1-8(2,3)6-4-5-7(12-6)13(9,10)11/h14-15,22-23,25-29,32-33,37,39H,8-13,16-21H2,1-7H3;17-25,30H,6-15H2,1-5H3;4-5H,1-3H3,(H2,9,10,11)/t22-,23-,25-,26-,27+,28+,29+,32+,33-,35-,36-;17-,18-,19-,20-,21+,22+,23+,24+,25-,26-,27-;/m11./s1. The molecule has 8 saturated carbocycles. The van der Waals surface area contributed by atoms with Crippen LogP contribution in [0.2, 0.25) is 0 Å². The number of carbonyl (C=O) groups excluding carboxylic acids is 2. The highest BCUT2D eigenvalue weighted by Gasteiger charge is 2.67. The van der Waals surface area contributed by atoms with E-state index < -0.39 is 25.6 Å². The van der Waals surface area contributed by atoms with Gasteiger partial charge in [-0.3, -0.25) is 4.79 Å². The largest absolute Gasteiger partial charge is 0.393 e. The smallest absolute Gasteiger partial charge is 0.247 e. The maximum atomic E-state index is 13.0. The van der Waals surface area contributed by atoms with E-state index >= 15 is 0 Å². The average Bonchev–Trinajstić information content (AvgIpc) is 1.24. The first-order valence-electron chi connectivity index (χ1n) is 34.1. The monoisotopic (exact) mass is 1270 g/mol. The van der Waals surface area contributed by atoms with Gasteiger partial charge in [0.25, 0.3) is 0 Å². The van der Waals surface area contributed by atoms with Crippen LogP contribution in [0.4, 0.5) is 0 Å². The van der Waals surface area contributed by atoms with Gasteiger partial charge in [-0.05, 0) is 242 Å². The van der Waals surface area contributed by atoms with Crippen LogP contribution in [0.25, 0.3) is 0 Å². The van der Waals surface area contributed by atoms with Crippen LogP contribution in [0.3, 0.4) is 0 Å². The lowest BCUT2D eigenvalue weighted by atomic mass is 9.41. The van der Waals surface area contributed by atoms with Gasteiger partial charge in [0.05, 0.1) is 24.9 Å². The number of carbonyl (C=O) groups is 1. The predicted octanol–water partition coefficient (Wildman–Crippen LogP) is 15.8. The van der Waals surface area contributed by atoms with Crippen molar-refractivity contribution in [2.24, 2.45) is 121 Å². The molecular formula is C71H116N2O9S4. The molecule has 2 aromatic heterocycles. The van der Waals surface area contributed by atoms with Crippen LogP contribution in [0.1, 0.15) is 242 Å². The zero-order chi connectivity index (χ0) is 63.5. The van der Waals surface area contributed by atoms with E-state index in [0.29, 0.717) is 105 Å². The van der Waals surface area contributed by atoms with Crippen molar-refractivity contribution in [2.75, 3.05) is 12.3 Å². The molecule has 0 bridgehead atoms. The molecule has 0 aromatic carbocycles. The minimum atomic E-state index is -3.60. The van der Waals surface area contributed by atoms with Crippen molar-refractivity contribution in [3.8, 4) is 0 Å². The summed E-state index contributed by atoms with van der Waals surface area (Å²) in [6.07, 6.45) is 23.1. The maximum absolute atomic E-state index is 13.0. The third-order valence-corrected chi connectivity index (χ3v) is 32.8. The molecule has 8 aliphatic rings. The number of thiophene rings is 2. The molecular weight excluding hydrogens is 1150 g/mol. The predicted molar refractivity (Wildman–Crippen MR) is 351 cm³/mol. The van der Waals surface area contributed by atoms with Gasteiger partial charge >= 0.3 is 0 Å². The molecule has 15 heteroatoms. The van der Waals surface area contributed by atoms with E-state index in [4.69, 9.17) is 5.14 Å². The number of sulfone groups is 1. The Morgan fingerprint density at radius 1 is 0.640 bits per heavy atom. The molecule has 11 nitrogen and oxygen atoms in total. The Bertz CT molecular complexity index is 2920. The SMILES string of the molecule is CC(C)(C)c1ccc(S(N)(=O)=O)s1.CC[C@H]1[C@@H](O)[C@@H]2[C@H](CC[C@]3(C)[C@@H]([C@H](C)CCCC(=O)CS(=O)(=O)c4ccc(C(C)(C)C)s4)CC[C@@H]23)[C@@]2(C)CC[C@@H](O)C[C@@H]12.CC[C@H]1[C@@H](O)[C@@H]2[C@H](CC[C@]3(C)[C@@H]([C@H](C)CCN=C=O)CC[C@@H]23)[C@@]2(C)CC[C@@H](C)C[C@@H]12. The highest BCUT2D eigenvalue weighted by molar-refractivity contribution is 7.94. The molecule has 488 valence electrons. The summed E-state index contributed by atoms with van der Waals surface area (Å²) in [6, 6.07) is 6.90. The number of aliphatic hydroxyl groups is 3. The Balaban J connectivity index is 0.000000192. The van der Waals surface area contributed by atoms with E-state index in [1.54, 1.807) is 18.2 Å². The normalized spacial score (nSPS) is 40.1. The van der Waals surface area contributed by atoms with E-state index in [0.717, 1.165) is 67.0 Å². The fraction of sp³-hybridized carbons (Fsp3) is 0.859. The van der Waals surface area contributed by atoms with E-state index in [2.05, 4.69) is 88.1 Å². The summed E-state index contributed by atoms with van der Waals surface area (Å²) in [6.45, 7) is 34.8. The number of primary sulfonamides is 1. The van der Waals surface area contributed by atoms with Crippen LogP contribution in [0.5, 0.6) is 0 Å². The summed E-state index contributed by atoms with van der Waals surface area (Å²) >= 11 is 2.52. The Morgan fingerprint density at radius 2 is 1.08 bits per heavy atom. The van der Waals surface area contributed by atoms with Crippen molar-refractivity contribution in [3.63, 3.8) is 0 Å². The molecule has 2 heterocycles. The Morgan fingerprint density at radius 3 is 1.53 bits per heavy atom. The zero-order valence-corrected chi connectivity index (χ0v) is 59.0. The fourth-order valence-electron chi connectivity index (χ4n) is 21.5. The van der Waals surface area contributed by atoms with Crippen LogP contribution in [-0.2, 0) is 40.3 Å². The van der Waals surface area contributed by atoms with Crippen LogP contribution < -0.4 is 5.14 Å². The van der Waals surface area contributed by atoms with Crippen LogP contribution in [0, 0.1) is 110 Å². The lowest BCUT2D eigenvalue weighted by Gasteiger charge is -2.65. The molecule has 8 fully saturated rings. The Hall–Kier alpha value is -1.81. The highest BCUT2D eigenvalue weighted by atomic mass is 32.2. The van der Waals surface area contributed by atoms with Gasteiger partial charge in [0, 0.05) is 16.2 Å². The number of sulfonamides is 1. The van der Waals surface area contributed by atoms with Crippen molar-refractivity contribution in [3.05, 3.63) is 34.0 Å². The molecule has 0 aliphatic heterocycles. The molecule has 0 radical (unpaired) electrons. The summed E-state index contributed by atoms with van der Waals surface area (Å²) in [7, 11) is -7.12. The number of hydrogen-bond acceptors (Lipinski definition) is 12. The molecule has 86 heavy (non-hydrogen) atoms. The van der Waals surface area contributed by atoms with E-state index in [1.807, 2.05) is 32.9 Å². The molecule has 0 unspecified atom stereocenters. The van der Waals surface area contributed by atoms with Crippen molar-refractivity contribution in [1.29, 1.82) is 0 Å². The number of hydrogen-bond donors (Lipinski definition) is 4. The third kappa shape index (κ3) is 13.8. The lowest BCUT2D eigenvalue weighted by molar-refractivity contribution is -0.203. The van der Waals surface area contributed by atoms with Gasteiger partial charge in [-0.15, -0.1) is 22.7 Å². The minimum Gasteiger partial charge on any atom is -0.393 e. The average molecular weight is 1270 g/mol. The highest BCUT2D eigenvalue weighted by Crippen LogP contribution is 2.72. The van der Waals surface area contributed by atoms with Crippen molar-refractivity contribution in [2.45, 2.75) is 270 Å². The molecule has 10 rings (SSSR count). The minimum absolute atomic E-state index is 0.0202. The quantitative estimate of drug-likeness (QED) is 0.0989. The van der Waals surface area contributed by atoms with Gasteiger partial charge in [0.1, 0.15) is 20.0 Å². The number of fused-ring (bicyclic) bond motifs is 10. The number of isocyanates is 1. The zero-order valence-electron chi connectivity index (χ0n) is 55.7. The molecule has 0 amide bonds. The van der Waals surface area contributed by atoms with Crippen LogP contribution in [0.15, 0.2) is 37.7 Å². The number of nitrogens with two attached hydrogens (primary N) is 1. The molecule has 22 atom stereocenters. The van der Waals surface area contributed by atoms with Crippen molar-refractivity contribution >= 4 is 54.4 Å². The number of aliphatic imine (C=N–C) groups is 1. The summed E-state index contributed by atoms with van der Waals surface area (Å²) in [5.41, 5.74) is 1.06. The number of ketones is 1. The Kier molecular flexibility index (Phi) is 21.7. The Labute approximate surface area is 529 Å². The molecule has 0 saturated heterocycles. The van der Waals surface area contributed by atoms with Gasteiger partial charge < -0.3 is 15.3 Å². The number of aliphatic hydroxyl groups excluding tert-OH is 3. The molecule has 8 aliphatic carbocycles. The maximum Gasteiger partial charge on any atom is 0.247 e. The van der Waals surface area contributed by atoms with Crippen molar-refractivity contribution in [1.82, 2.24) is 0 Å². The van der Waals surface area contributed by atoms with E-state index in [9.17, 15) is 41.7 Å². The second kappa shape index (κ2) is 26.7. The summed E-state index contributed by atoms with van der Waals surface area (Å²) in [5.74, 6) is 7.76. The molecule has 2 aromatic rings. The number of rotatable bonds is 15. The first-order chi connectivity index (χ1) is 40.0. The molecule has 0 spiro atoms. The van der Waals surface area contributed by atoms with E-state index in [1.165, 1.54) is 93.3 Å². The fourth-order valence-corrected chi connectivity index (χ4v) is 26.1. The molecule has 5 N–H and O–H groups in total. The second-order valence-electron chi connectivity index (χ2n) is 32.9. The second-order valence-corrected chi connectivity index (χ2v) is 39.1. The first kappa shape index (κ1) is 70.1. The summed E-state index contributed by atoms with van der Waals surface area (Å²) in [5, 5.41) is 39.3. The summed E-state index contributed by atoms with van der Waals surface area (Å²) < 4.78 is 48.4. The van der Waals surface area contributed by atoms with Crippen LogP contribution in [-0.4, -0.2) is 74.6 Å². The summed E-state index contributed by atoms with van der Waals surface area (Å²) in [4.78, 5) is 29.2. The van der Waals surface area contributed by atoms with Gasteiger partial charge in [0.2, 0.25) is 16.1 Å². The van der Waals surface area contributed by atoms with Gasteiger partial charge in [-0.2, -0.15) is 0 Å².